The molecular weight excluding hydrogens is 272 g/mol. The molecule has 0 N–H and O–H groups in total. The second-order valence-corrected chi connectivity index (χ2v) is 3.88. The second kappa shape index (κ2) is 4.31. The third kappa shape index (κ3) is 2.09. The predicted octanol–water partition coefficient (Wildman–Crippen LogP) is 3.54. The lowest BCUT2D eigenvalue weighted by Gasteiger charge is -1.92. The molecule has 1 rings (SSSR count). The van der Waals surface area contributed by atoms with Gasteiger partial charge in [-0.1, -0.05) is 22.9 Å². The lowest BCUT2D eigenvalue weighted by Crippen LogP contribution is -1.83. The van der Waals surface area contributed by atoms with Gasteiger partial charge in [0, 0.05) is 17.3 Å². The van der Waals surface area contributed by atoms with Crippen LogP contribution in [0.1, 0.15) is 18.2 Å². The van der Waals surface area contributed by atoms with Crippen LogP contribution in [0, 0.1) is 0 Å². The van der Waals surface area contributed by atoms with Gasteiger partial charge in [-0.25, -0.2) is 0 Å². The van der Waals surface area contributed by atoms with Gasteiger partial charge in [0.25, 0.3) is 0 Å². The monoisotopic (exact) mass is 280 g/mol. The van der Waals surface area contributed by atoms with Crippen LogP contribution < -0.4 is 0 Å². The normalized spacial score (nSPS) is 10.5. The largest absolute Gasteiger partial charge is 0.468 e. The van der Waals surface area contributed by atoms with Crippen molar-refractivity contribution in [2.24, 2.45) is 0 Å². The van der Waals surface area contributed by atoms with Gasteiger partial charge in [0.05, 0.1) is 10.7 Å². The van der Waals surface area contributed by atoms with E-state index in [0.717, 1.165) is 28.4 Å². The molecule has 1 aromatic rings. The van der Waals surface area contributed by atoms with E-state index in [1.807, 2.05) is 6.26 Å². The summed E-state index contributed by atoms with van der Waals surface area (Å²) in [6.45, 7) is 2.08. The molecule has 0 aliphatic rings. The number of hydrogen-bond donors (Lipinski definition) is 0. The summed E-state index contributed by atoms with van der Waals surface area (Å²) < 4.78 is 6.47. The van der Waals surface area contributed by atoms with Gasteiger partial charge in [0.2, 0.25) is 0 Å². The van der Waals surface area contributed by atoms with Crippen molar-refractivity contribution >= 4 is 31.9 Å². The summed E-state index contributed by atoms with van der Waals surface area (Å²) in [4.78, 5) is 0. The Kier molecular flexibility index (Phi) is 3.66. The summed E-state index contributed by atoms with van der Waals surface area (Å²) in [5.41, 5.74) is 1.25. The maximum absolute atomic E-state index is 5.33. The van der Waals surface area contributed by atoms with Crippen molar-refractivity contribution < 1.29 is 4.42 Å². The van der Waals surface area contributed by atoms with Crippen LogP contribution in [0.3, 0.4) is 0 Å². The molecule has 62 valence electrons. The Hall–Kier alpha value is 0.240. The highest BCUT2D eigenvalue weighted by molar-refractivity contribution is 9.10. The van der Waals surface area contributed by atoms with E-state index in [9.17, 15) is 0 Å². The maximum atomic E-state index is 5.33. The van der Waals surface area contributed by atoms with Gasteiger partial charge >= 0.3 is 0 Å². The zero-order valence-electron chi connectivity index (χ0n) is 6.36. The van der Waals surface area contributed by atoms with Gasteiger partial charge in [-0.3, -0.25) is 0 Å². The Morgan fingerprint density at radius 1 is 1.55 bits per heavy atom. The van der Waals surface area contributed by atoms with Gasteiger partial charge < -0.3 is 4.42 Å². The van der Waals surface area contributed by atoms with E-state index in [4.69, 9.17) is 4.42 Å². The predicted molar refractivity (Wildman–Crippen MR) is 53.3 cm³/mol. The summed E-state index contributed by atoms with van der Waals surface area (Å²) in [6, 6.07) is 0. The molecule has 3 heteroatoms. The highest BCUT2D eigenvalue weighted by Gasteiger charge is 2.07. The quantitative estimate of drug-likeness (QED) is 0.773. The van der Waals surface area contributed by atoms with Crippen LogP contribution in [-0.4, -0.2) is 5.33 Å². The smallest absolute Gasteiger partial charge is 0.117 e. The topological polar surface area (TPSA) is 13.1 Å². The SMILES string of the molecule is CCc1occ(CCBr)c1Br. The fourth-order valence-corrected chi connectivity index (χ4v) is 2.03. The average molecular weight is 282 g/mol. The van der Waals surface area contributed by atoms with Crippen molar-refractivity contribution in [2.75, 3.05) is 5.33 Å². The molecule has 0 saturated carbocycles. The summed E-state index contributed by atoms with van der Waals surface area (Å²) in [5.74, 6) is 1.04. The standard InChI is InChI=1S/C8H10Br2O/c1-2-7-8(10)6(3-4-9)5-11-7/h5H,2-4H2,1H3. The zero-order chi connectivity index (χ0) is 8.27. The van der Waals surface area contributed by atoms with Gasteiger partial charge in [0.15, 0.2) is 0 Å². The Balaban J connectivity index is 2.82. The highest BCUT2D eigenvalue weighted by Crippen LogP contribution is 2.24. The molecule has 0 atom stereocenters. The van der Waals surface area contributed by atoms with E-state index in [1.54, 1.807) is 0 Å². The van der Waals surface area contributed by atoms with Crippen molar-refractivity contribution in [2.45, 2.75) is 19.8 Å². The second-order valence-electron chi connectivity index (χ2n) is 2.29. The van der Waals surface area contributed by atoms with Crippen molar-refractivity contribution in [1.82, 2.24) is 0 Å². The minimum Gasteiger partial charge on any atom is -0.468 e. The fourth-order valence-electron chi connectivity index (χ4n) is 0.934. The molecule has 0 radical (unpaired) electrons. The van der Waals surface area contributed by atoms with Crippen LogP contribution in [0.25, 0.3) is 0 Å². The lowest BCUT2D eigenvalue weighted by atomic mass is 10.2. The number of halogens is 2. The van der Waals surface area contributed by atoms with Gasteiger partial charge in [-0.15, -0.1) is 0 Å². The van der Waals surface area contributed by atoms with E-state index in [0.29, 0.717) is 0 Å². The highest BCUT2D eigenvalue weighted by atomic mass is 79.9. The van der Waals surface area contributed by atoms with Gasteiger partial charge in [-0.05, 0) is 22.4 Å². The fraction of sp³-hybridized carbons (Fsp3) is 0.500. The lowest BCUT2D eigenvalue weighted by molar-refractivity contribution is 0.512. The van der Waals surface area contributed by atoms with Crippen molar-refractivity contribution in [3.05, 3.63) is 22.1 Å². The van der Waals surface area contributed by atoms with Crippen molar-refractivity contribution in [1.29, 1.82) is 0 Å². The minimum absolute atomic E-state index is 0.947. The van der Waals surface area contributed by atoms with E-state index >= 15 is 0 Å². The number of hydrogen-bond acceptors (Lipinski definition) is 1. The molecular formula is C8H10Br2O. The summed E-state index contributed by atoms with van der Waals surface area (Å²) in [7, 11) is 0. The maximum Gasteiger partial charge on any atom is 0.117 e. The average Bonchev–Trinajstić information content (AvgIpc) is 2.34. The molecule has 1 nitrogen and oxygen atoms in total. The molecule has 0 fully saturated rings. The van der Waals surface area contributed by atoms with Crippen LogP contribution in [0.2, 0.25) is 0 Å². The molecule has 0 aliphatic carbocycles. The Morgan fingerprint density at radius 3 is 2.73 bits per heavy atom. The Bertz CT molecular complexity index is 230. The molecule has 0 unspecified atom stereocenters. The van der Waals surface area contributed by atoms with Gasteiger partial charge in [-0.2, -0.15) is 0 Å². The number of furan rings is 1. The van der Waals surface area contributed by atoms with Crippen molar-refractivity contribution in [3.8, 4) is 0 Å². The molecule has 11 heavy (non-hydrogen) atoms. The molecule has 0 aliphatic heterocycles. The molecule has 0 aromatic carbocycles. The summed E-state index contributed by atoms with van der Waals surface area (Å²) in [6.07, 6.45) is 3.79. The van der Waals surface area contributed by atoms with Crippen LogP contribution in [-0.2, 0) is 12.8 Å². The first kappa shape index (κ1) is 9.33. The molecule has 0 amide bonds. The number of rotatable bonds is 3. The molecule has 1 aromatic heterocycles. The molecule has 1 heterocycles. The third-order valence-electron chi connectivity index (χ3n) is 1.56. The Morgan fingerprint density at radius 2 is 2.27 bits per heavy atom. The summed E-state index contributed by atoms with van der Waals surface area (Å²) >= 11 is 6.89. The first-order valence-electron chi connectivity index (χ1n) is 3.60. The molecule has 0 spiro atoms. The van der Waals surface area contributed by atoms with E-state index in [2.05, 4.69) is 38.8 Å². The number of alkyl halides is 1. The third-order valence-corrected chi connectivity index (χ3v) is 2.90. The first-order chi connectivity index (χ1) is 5.29. The van der Waals surface area contributed by atoms with E-state index in [-0.39, 0.29) is 0 Å². The van der Waals surface area contributed by atoms with Crippen LogP contribution >= 0.6 is 31.9 Å². The summed E-state index contributed by atoms with van der Waals surface area (Å²) in [5, 5.41) is 0.980. The minimum atomic E-state index is 0.947. The van der Waals surface area contributed by atoms with Crippen LogP contribution in [0.5, 0.6) is 0 Å². The number of aryl methyl sites for hydroxylation is 2. The van der Waals surface area contributed by atoms with Crippen molar-refractivity contribution in [3.63, 3.8) is 0 Å². The van der Waals surface area contributed by atoms with E-state index < -0.39 is 0 Å². The van der Waals surface area contributed by atoms with Crippen LogP contribution in [0.15, 0.2) is 15.2 Å². The molecule has 0 bridgehead atoms. The van der Waals surface area contributed by atoms with Crippen LogP contribution in [0.4, 0.5) is 0 Å². The Labute approximate surface area is 83.4 Å². The van der Waals surface area contributed by atoms with E-state index in [1.165, 1.54) is 5.56 Å². The first-order valence-corrected chi connectivity index (χ1v) is 5.51. The van der Waals surface area contributed by atoms with Gasteiger partial charge in [0.1, 0.15) is 5.76 Å². The molecule has 0 saturated heterocycles. The zero-order valence-corrected chi connectivity index (χ0v) is 9.53.